The van der Waals surface area contributed by atoms with Gasteiger partial charge in [-0.15, -0.1) is 0 Å². The monoisotopic (exact) mass is 492 g/mol. The van der Waals surface area contributed by atoms with E-state index in [1.807, 2.05) is 6.07 Å². The van der Waals surface area contributed by atoms with Crippen molar-refractivity contribution < 1.29 is 13.2 Å². The second-order valence-corrected chi connectivity index (χ2v) is 11.1. The number of halogens is 1. The highest BCUT2D eigenvalue weighted by Gasteiger charge is 2.40. The number of sulfonamides is 1. The standard InChI is InChI=1S/C21H25BrN4O3S/c1-21(2)12-14-6-3-4-7-15-8-5-9-18(23-15)30(28,29)25-20(27)16-10-11-17(22)24-19(16)26(21)13-14/h5,8-11,14H,3-4,6-7,12-13H2,1-2H3,(H,25,27)/t14-/m0/s1. The van der Waals surface area contributed by atoms with E-state index in [4.69, 9.17) is 0 Å². The molecule has 30 heavy (non-hydrogen) atoms. The molecule has 160 valence electrons. The summed E-state index contributed by atoms with van der Waals surface area (Å²) in [5.41, 5.74) is 0.774. The molecular weight excluding hydrogens is 468 g/mol. The van der Waals surface area contributed by atoms with Gasteiger partial charge in [-0.1, -0.05) is 12.5 Å². The van der Waals surface area contributed by atoms with Crippen molar-refractivity contribution in [3.63, 3.8) is 0 Å². The summed E-state index contributed by atoms with van der Waals surface area (Å²) in [6.07, 6.45) is 4.77. The van der Waals surface area contributed by atoms with E-state index < -0.39 is 15.9 Å². The average molecular weight is 493 g/mol. The molecule has 1 N–H and O–H groups in total. The van der Waals surface area contributed by atoms with Gasteiger partial charge in [-0.05, 0) is 85.6 Å². The molecule has 0 saturated carbocycles. The van der Waals surface area contributed by atoms with E-state index in [9.17, 15) is 13.2 Å². The Labute approximate surface area is 185 Å². The van der Waals surface area contributed by atoms with Gasteiger partial charge in [-0.25, -0.2) is 14.7 Å². The molecule has 4 bridgehead atoms. The maximum atomic E-state index is 13.1. The fourth-order valence-electron chi connectivity index (χ4n) is 4.48. The molecule has 2 aromatic heterocycles. The molecule has 1 fully saturated rings. The van der Waals surface area contributed by atoms with Gasteiger partial charge in [0.15, 0.2) is 5.03 Å². The van der Waals surface area contributed by atoms with Crippen LogP contribution in [-0.2, 0) is 16.4 Å². The van der Waals surface area contributed by atoms with E-state index in [-0.39, 0.29) is 16.1 Å². The van der Waals surface area contributed by atoms with E-state index in [0.717, 1.165) is 37.9 Å². The van der Waals surface area contributed by atoms with Crippen LogP contribution in [0.1, 0.15) is 55.6 Å². The van der Waals surface area contributed by atoms with Crippen LogP contribution < -0.4 is 9.62 Å². The van der Waals surface area contributed by atoms with Gasteiger partial charge in [0, 0.05) is 17.8 Å². The first kappa shape index (κ1) is 21.2. The Bertz CT molecular complexity index is 1090. The minimum Gasteiger partial charge on any atom is -0.351 e. The Morgan fingerprint density at radius 2 is 1.97 bits per heavy atom. The minimum atomic E-state index is -4.09. The second-order valence-electron chi connectivity index (χ2n) is 8.65. The Balaban J connectivity index is 1.80. The van der Waals surface area contributed by atoms with Crippen LogP contribution in [0.5, 0.6) is 0 Å². The highest BCUT2D eigenvalue weighted by Crippen LogP contribution is 2.40. The lowest BCUT2D eigenvalue weighted by Gasteiger charge is -2.33. The molecule has 0 spiro atoms. The molecule has 1 atom stereocenters. The van der Waals surface area contributed by atoms with Gasteiger partial charge in [0.1, 0.15) is 10.4 Å². The molecule has 4 rings (SSSR count). The molecule has 2 aliphatic rings. The molecule has 0 unspecified atom stereocenters. The predicted octanol–water partition coefficient (Wildman–Crippen LogP) is 3.69. The van der Waals surface area contributed by atoms with Gasteiger partial charge in [0.25, 0.3) is 15.9 Å². The van der Waals surface area contributed by atoms with Gasteiger partial charge in [-0.2, -0.15) is 8.42 Å². The highest BCUT2D eigenvalue weighted by molar-refractivity contribution is 9.10. The van der Waals surface area contributed by atoms with E-state index in [1.165, 1.54) is 6.07 Å². The summed E-state index contributed by atoms with van der Waals surface area (Å²) in [6.45, 7) is 5.08. The summed E-state index contributed by atoms with van der Waals surface area (Å²) in [5, 5.41) is -0.142. The number of aryl methyl sites for hydroxylation is 1. The van der Waals surface area contributed by atoms with Crippen LogP contribution in [0.25, 0.3) is 0 Å². The molecule has 0 aliphatic carbocycles. The van der Waals surface area contributed by atoms with Gasteiger partial charge in [0.05, 0.1) is 5.56 Å². The van der Waals surface area contributed by atoms with Crippen LogP contribution in [-0.4, -0.2) is 36.4 Å². The van der Waals surface area contributed by atoms with Crippen molar-refractivity contribution in [2.24, 2.45) is 5.92 Å². The third-order valence-electron chi connectivity index (χ3n) is 5.88. The zero-order valence-corrected chi connectivity index (χ0v) is 19.5. The van der Waals surface area contributed by atoms with Gasteiger partial charge in [-0.3, -0.25) is 4.79 Å². The largest absolute Gasteiger partial charge is 0.351 e. The third kappa shape index (κ3) is 4.23. The normalized spacial score (nSPS) is 23.1. The lowest BCUT2D eigenvalue weighted by molar-refractivity contribution is 0.0981. The van der Waals surface area contributed by atoms with Crippen LogP contribution in [0.15, 0.2) is 40.0 Å². The van der Waals surface area contributed by atoms with E-state index >= 15 is 0 Å². The van der Waals surface area contributed by atoms with Crippen LogP contribution >= 0.6 is 15.9 Å². The Morgan fingerprint density at radius 3 is 2.77 bits per heavy atom. The van der Waals surface area contributed by atoms with Crippen molar-refractivity contribution in [2.75, 3.05) is 11.4 Å². The van der Waals surface area contributed by atoms with E-state index in [0.29, 0.717) is 22.8 Å². The molecule has 1 amide bonds. The number of hydrogen-bond donors (Lipinski definition) is 1. The molecule has 0 radical (unpaired) electrons. The first-order valence-corrected chi connectivity index (χ1v) is 12.4. The number of nitrogens with zero attached hydrogens (tertiary/aromatic N) is 3. The highest BCUT2D eigenvalue weighted by atomic mass is 79.9. The predicted molar refractivity (Wildman–Crippen MR) is 118 cm³/mol. The van der Waals surface area contributed by atoms with Crippen LogP contribution in [0.3, 0.4) is 0 Å². The Kier molecular flexibility index (Phi) is 5.61. The van der Waals surface area contributed by atoms with Crippen LogP contribution in [0.4, 0.5) is 5.82 Å². The molecule has 9 heteroatoms. The first-order chi connectivity index (χ1) is 14.2. The fraction of sp³-hybridized carbons (Fsp3) is 0.476. The van der Waals surface area contributed by atoms with Crippen LogP contribution in [0, 0.1) is 5.92 Å². The molecule has 0 aromatic carbocycles. The topological polar surface area (TPSA) is 92.3 Å². The second kappa shape index (κ2) is 7.92. The summed E-state index contributed by atoms with van der Waals surface area (Å²) in [7, 11) is -4.09. The minimum absolute atomic E-state index is 0.142. The maximum Gasteiger partial charge on any atom is 0.281 e. The average Bonchev–Trinajstić information content (AvgIpc) is 2.98. The first-order valence-electron chi connectivity index (χ1n) is 10.1. The Hall–Kier alpha value is -2.00. The molecule has 2 aliphatic heterocycles. The number of carbonyl (C=O) groups is 1. The smallest absolute Gasteiger partial charge is 0.281 e. The number of aromatic nitrogens is 2. The molecule has 4 heterocycles. The summed E-state index contributed by atoms with van der Waals surface area (Å²) >= 11 is 3.39. The van der Waals surface area contributed by atoms with Crippen molar-refractivity contribution >= 4 is 37.7 Å². The quantitative estimate of drug-likeness (QED) is 0.563. The van der Waals surface area contributed by atoms with E-state index in [2.05, 4.69) is 49.4 Å². The number of anilines is 1. The number of hydrogen-bond acceptors (Lipinski definition) is 6. The van der Waals surface area contributed by atoms with Gasteiger partial charge in [0.2, 0.25) is 0 Å². The van der Waals surface area contributed by atoms with E-state index in [1.54, 1.807) is 18.2 Å². The zero-order valence-electron chi connectivity index (χ0n) is 17.1. The fourth-order valence-corrected chi connectivity index (χ4v) is 5.73. The lowest BCUT2D eigenvalue weighted by Crippen LogP contribution is -2.41. The van der Waals surface area contributed by atoms with Crippen LogP contribution in [0.2, 0.25) is 0 Å². The SMILES string of the molecule is CC1(C)C[C@@H]2CCCCc3cccc(n3)S(=O)(=O)NC(=O)c3ccc(Br)nc3N1C2. The summed E-state index contributed by atoms with van der Waals surface area (Å²) in [4.78, 5) is 24.0. The number of amides is 1. The van der Waals surface area contributed by atoms with Gasteiger partial charge >= 0.3 is 0 Å². The molecule has 1 saturated heterocycles. The lowest BCUT2D eigenvalue weighted by atomic mass is 9.92. The molecule has 7 nitrogen and oxygen atoms in total. The van der Waals surface area contributed by atoms with Gasteiger partial charge < -0.3 is 4.90 Å². The molecule has 2 aromatic rings. The Morgan fingerprint density at radius 1 is 1.17 bits per heavy atom. The van der Waals surface area contributed by atoms with Crippen molar-refractivity contribution in [1.29, 1.82) is 0 Å². The number of fused-ring (bicyclic) bond motifs is 6. The molecular formula is C21H25BrN4O3S. The van der Waals surface area contributed by atoms with Crippen molar-refractivity contribution in [3.05, 3.63) is 46.2 Å². The summed E-state index contributed by atoms with van der Waals surface area (Å²) < 4.78 is 28.5. The number of pyridine rings is 2. The number of nitrogens with one attached hydrogen (secondary N) is 1. The summed E-state index contributed by atoms with van der Waals surface area (Å²) in [6, 6.07) is 8.17. The number of rotatable bonds is 0. The van der Waals surface area contributed by atoms with Crippen molar-refractivity contribution in [2.45, 2.75) is 56.5 Å². The van der Waals surface area contributed by atoms with Crippen molar-refractivity contribution in [1.82, 2.24) is 14.7 Å². The maximum absolute atomic E-state index is 13.1. The summed E-state index contributed by atoms with van der Waals surface area (Å²) in [5.74, 6) is 0.289. The zero-order chi connectivity index (χ0) is 21.5. The van der Waals surface area contributed by atoms with Crippen molar-refractivity contribution in [3.8, 4) is 0 Å². The number of carbonyl (C=O) groups excluding carboxylic acids is 1. The third-order valence-corrected chi connectivity index (χ3v) is 7.55.